The van der Waals surface area contributed by atoms with Crippen molar-refractivity contribution in [2.24, 2.45) is 17.3 Å². The normalized spacial score (nSPS) is 30.4. The number of carbonyl (C=O) groups excluding carboxylic acids is 4. The zero-order valence-electron chi connectivity index (χ0n) is 23.1. The molecule has 0 bridgehead atoms. The van der Waals surface area contributed by atoms with Gasteiger partial charge in [0.25, 0.3) is 0 Å². The van der Waals surface area contributed by atoms with Crippen LogP contribution in [0.1, 0.15) is 66.1 Å². The Morgan fingerprint density at radius 1 is 1.03 bits per heavy atom. The van der Waals surface area contributed by atoms with E-state index in [-0.39, 0.29) is 43.4 Å². The van der Waals surface area contributed by atoms with E-state index in [4.69, 9.17) is 14.2 Å². The van der Waals surface area contributed by atoms with Crippen molar-refractivity contribution in [1.29, 1.82) is 0 Å². The lowest BCUT2D eigenvalue weighted by Gasteiger charge is -2.29. The maximum atomic E-state index is 13.4. The Morgan fingerprint density at radius 2 is 1.71 bits per heavy atom. The molecule has 9 nitrogen and oxygen atoms in total. The highest BCUT2D eigenvalue weighted by molar-refractivity contribution is 5.93. The van der Waals surface area contributed by atoms with Crippen molar-refractivity contribution in [3.8, 4) is 0 Å². The molecule has 1 fully saturated rings. The van der Waals surface area contributed by atoms with Crippen LogP contribution in [0.15, 0.2) is 42.5 Å². The van der Waals surface area contributed by atoms with Gasteiger partial charge in [0.1, 0.15) is 18.2 Å². The Kier molecular flexibility index (Phi) is 9.71. The molecule has 208 valence electrons. The van der Waals surface area contributed by atoms with Crippen LogP contribution in [0.4, 0.5) is 0 Å². The average Bonchev–Trinajstić information content (AvgIpc) is 3.66. The molecule has 0 aliphatic carbocycles. The third kappa shape index (κ3) is 7.90. The molecule has 1 aromatic rings. The van der Waals surface area contributed by atoms with Gasteiger partial charge in [0, 0.05) is 18.9 Å². The number of benzene rings is 1. The Labute approximate surface area is 224 Å². The molecule has 3 rings (SSSR count). The van der Waals surface area contributed by atoms with E-state index in [1.807, 2.05) is 51.1 Å². The first-order chi connectivity index (χ1) is 17.9. The first-order valence-electron chi connectivity index (χ1n) is 13.3. The van der Waals surface area contributed by atoms with Gasteiger partial charge in [-0.25, -0.2) is 4.79 Å². The quantitative estimate of drug-likeness (QED) is 0.444. The highest BCUT2D eigenvalue weighted by atomic mass is 16.6. The highest BCUT2D eigenvalue weighted by Crippen LogP contribution is 2.45. The Balaban J connectivity index is 1.86. The number of epoxide rings is 1. The third-order valence-electron chi connectivity index (χ3n) is 6.87. The van der Waals surface area contributed by atoms with Crippen LogP contribution >= 0.6 is 0 Å². The summed E-state index contributed by atoms with van der Waals surface area (Å²) in [6.07, 6.45) is 1.48. The van der Waals surface area contributed by atoms with Crippen molar-refractivity contribution in [3.05, 3.63) is 48.0 Å². The highest BCUT2D eigenvalue weighted by Gasteiger charge is 2.47. The van der Waals surface area contributed by atoms with Crippen LogP contribution in [0.25, 0.3) is 0 Å². The number of cyclic esters (lactones) is 2. The molecule has 2 heterocycles. The molecule has 1 unspecified atom stereocenters. The smallest absolute Gasteiger partial charge is 0.347 e. The molecular weight excluding hydrogens is 488 g/mol. The second-order valence-corrected chi connectivity index (χ2v) is 11.3. The minimum absolute atomic E-state index is 0.0241. The van der Waals surface area contributed by atoms with Gasteiger partial charge in [-0.05, 0) is 44.7 Å². The lowest BCUT2D eigenvalue weighted by Crippen LogP contribution is -2.49. The minimum atomic E-state index is -1.11. The zero-order chi connectivity index (χ0) is 28.0. The summed E-state index contributed by atoms with van der Waals surface area (Å²) in [6.45, 7) is 10.6. The van der Waals surface area contributed by atoms with Crippen molar-refractivity contribution in [3.63, 3.8) is 0 Å². The third-order valence-corrected chi connectivity index (χ3v) is 6.87. The van der Waals surface area contributed by atoms with E-state index in [0.717, 1.165) is 5.56 Å². The lowest BCUT2D eigenvalue weighted by atomic mass is 9.93. The van der Waals surface area contributed by atoms with E-state index in [0.29, 0.717) is 0 Å². The van der Waals surface area contributed by atoms with E-state index in [1.165, 1.54) is 6.08 Å². The van der Waals surface area contributed by atoms with Gasteiger partial charge in [-0.15, -0.1) is 0 Å². The monoisotopic (exact) mass is 528 g/mol. The molecule has 1 saturated heterocycles. The predicted molar refractivity (Wildman–Crippen MR) is 141 cm³/mol. The first-order valence-corrected chi connectivity index (χ1v) is 13.3. The summed E-state index contributed by atoms with van der Waals surface area (Å²) in [6, 6.07) is 9.00. The summed E-state index contributed by atoms with van der Waals surface area (Å²) in [4.78, 5) is 51.3. The Morgan fingerprint density at radius 3 is 2.37 bits per heavy atom. The molecule has 2 aliphatic rings. The zero-order valence-corrected chi connectivity index (χ0v) is 23.1. The van der Waals surface area contributed by atoms with E-state index in [2.05, 4.69) is 10.6 Å². The number of hydrogen-bond acceptors (Lipinski definition) is 7. The van der Waals surface area contributed by atoms with Crippen LogP contribution in [0, 0.1) is 17.3 Å². The van der Waals surface area contributed by atoms with Crippen LogP contribution < -0.4 is 10.6 Å². The predicted octanol–water partition coefficient (Wildman–Crippen LogP) is 3.24. The van der Waals surface area contributed by atoms with Gasteiger partial charge < -0.3 is 24.8 Å². The van der Waals surface area contributed by atoms with E-state index < -0.39 is 47.4 Å². The van der Waals surface area contributed by atoms with Gasteiger partial charge in [-0.2, -0.15) is 0 Å². The molecule has 38 heavy (non-hydrogen) atoms. The fourth-order valence-electron chi connectivity index (χ4n) is 4.32. The lowest BCUT2D eigenvalue weighted by molar-refractivity contribution is -0.179. The standard InChI is InChI=1S/C29H40N2O7/c1-17(2)15-22-27(34)36-21(18(3)24-25(38-24)20-11-8-7-9-12-20)13-10-14-23(32)31-19(4)26(33)30-16-29(5,6)28(35)37-22/h7-12,14,17-19,21-22,24-25H,13,15-16H2,1-6H3,(H,30,33)(H,31,32)/b14-10+/t18-,19?,21-,22-,24+,25+/m0/s1. The van der Waals surface area contributed by atoms with E-state index >= 15 is 0 Å². The van der Waals surface area contributed by atoms with Gasteiger partial charge in [0.2, 0.25) is 11.8 Å². The van der Waals surface area contributed by atoms with E-state index in [9.17, 15) is 19.2 Å². The van der Waals surface area contributed by atoms with Crippen LogP contribution in [0.5, 0.6) is 0 Å². The minimum Gasteiger partial charge on any atom is -0.459 e. The SMILES string of the molecule is CC(C)C[C@@H]1OC(=O)C(C)(C)CNC(=O)C(C)NC(=O)/C=C/C[C@@H]([C@H](C)[C@H]2O[C@@H]2c2ccccc2)OC1=O. The molecule has 0 spiro atoms. The summed E-state index contributed by atoms with van der Waals surface area (Å²) in [7, 11) is 0. The summed E-state index contributed by atoms with van der Waals surface area (Å²) in [5.74, 6) is -2.28. The fourth-order valence-corrected chi connectivity index (χ4v) is 4.32. The Hall–Kier alpha value is -3.20. The summed E-state index contributed by atoms with van der Waals surface area (Å²) >= 11 is 0. The van der Waals surface area contributed by atoms with Crippen molar-refractivity contribution in [2.45, 2.75) is 84.8 Å². The van der Waals surface area contributed by atoms with Crippen LogP contribution in [-0.4, -0.2) is 54.7 Å². The molecule has 6 atom stereocenters. The number of hydrogen-bond donors (Lipinski definition) is 2. The van der Waals surface area contributed by atoms with Gasteiger partial charge in [0.05, 0.1) is 11.5 Å². The number of esters is 2. The maximum Gasteiger partial charge on any atom is 0.347 e. The number of rotatable bonds is 5. The van der Waals surface area contributed by atoms with E-state index in [1.54, 1.807) is 26.8 Å². The van der Waals surface area contributed by atoms with Crippen LogP contribution in [0.3, 0.4) is 0 Å². The largest absolute Gasteiger partial charge is 0.459 e. The van der Waals surface area contributed by atoms with Crippen molar-refractivity contribution in [1.82, 2.24) is 10.6 Å². The number of ether oxygens (including phenoxy) is 3. The molecule has 0 radical (unpaired) electrons. The fraction of sp³-hybridized carbons (Fsp3) is 0.586. The first kappa shape index (κ1) is 29.4. The molecule has 0 saturated carbocycles. The second-order valence-electron chi connectivity index (χ2n) is 11.3. The summed E-state index contributed by atoms with van der Waals surface area (Å²) < 4.78 is 17.6. The van der Waals surface area contributed by atoms with Gasteiger partial charge in [-0.1, -0.05) is 57.2 Å². The summed E-state index contributed by atoms with van der Waals surface area (Å²) in [5, 5.41) is 5.28. The molecule has 2 aliphatic heterocycles. The van der Waals surface area contributed by atoms with Crippen LogP contribution in [0.2, 0.25) is 0 Å². The van der Waals surface area contributed by atoms with Crippen molar-refractivity contribution < 1.29 is 33.4 Å². The second kappa shape index (κ2) is 12.6. The van der Waals surface area contributed by atoms with Gasteiger partial charge >= 0.3 is 11.9 Å². The van der Waals surface area contributed by atoms with Crippen LogP contribution in [-0.2, 0) is 33.4 Å². The van der Waals surface area contributed by atoms with Gasteiger partial charge in [0.15, 0.2) is 6.10 Å². The molecule has 0 aromatic heterocycles. The molecule has 9 heteroatoms. The van der Waals surface area contributed by atoms with Crippen molar-refractivity contribution in [2.75, 3.05) is 6.54 Å². The molecule has 2 N–H and O–H groups in total. The average molecular weight is 529 g/mol. The number of nitrogens with one attached hydrogen (secondary N) is 2. The maximum absolute atomic E-state index is 13.4. The summed E-state index contributed by atoms with van der Waals surface area (Å²) in [5.41, 5.74) is -0.0662. The van der Waals surface area contributed by atoms with Gasteiger partial charge in [-0.3, -0.25) is 14.4 Å². The topological polar surface area (TPSA) is 123 Å². The number of amides is 2. The molecule has 2 amide bonds. The van der Waals surface area contributed by atoms with Crippen molar-refractivity contribution >= 4 is 23.8 Å². The molecular formula is C29H40N2O7. The molecule has 1 aromatic carbocycles. The number of carbonyl (C=O) groups is 4. The Bertz CT molecular complexity index is 1040.